The Labute approximate surface area is 125 Å². The maximum atomic E-state index is 12.0. The summed E-state index contributed by atoms with van der Waals surface area (Å²) < 4.78 is 25.0. The molecule has 0 spiro atoms. The van der Waals surface area contributed by atoms with Crippen LogP contribution < -0.4 is 15.4 Å². The standard InChI is InChI=1S/C14H21N3O3S/c1-21(19,20)17-9-2-4-11-10-12(5-6-13(11)17)14(18)16-8-3-7-15/h5-6,10H,2-4,7-9,15H2,1H3,(H,16,18). The van der Waals surface area contributed by atoms with Crippen molar-refractivity contribution in [3.05, 3.63) is 29.3 Å². The molecule has 0 bridgehead atoms. The average molecular weight is 311 g/mol. The molecule has 21 heavy (non-hydrogen) atoms. The van der Waals surface area contributed by atoms with Gasteiger partial charge >= 0.3 is 0 Å². The number of carbonyl (C=O) groups excluding carboxylic acids is 1. The van der Waals surface area contributed by atoms with E-state index in [9.17, 15) is 13.2 Å². The number of anilines is 1. The van der Waals surface area contributed by atoms with Gasteiger partial charge in [-0.2, -0.15) is 0 Å². The van der Waals surface area contributed by atoms with Crippen molar-refractivity contribution in [3.8, 4) is 0 Å². The summed E-state index contributed by atoms with van der Waals surface area (Å²) in [6.45, 7) is 1.57. The molecule has 1 aliphatic heterocycles. The number of nitrogens with two attached hydrogens (primary N) is 1. The first-order chi connectivity index (χ1) is 9.93. The van der Waals surface area contributed by atoms with Gasteiger partial charge in [-0.25, -0.2) is 8.42 Å². The molecule has 0 unspecified atom stereocenters. The molecule has 0 aromatic heterocycles. The van der Waals surface area contributed by atoms with E-state index in [4.69, 9.17) is 5.73 Å². The van der Waals surface area contributed by atoms with Gasteiger partial charge in [-0.3, -0.25) is 9.10 Å². The van der Waals surface area contributed by atoms with Gasteiger partial charge in [0.2, 0.25) is 10.0 Å². The van der Waals surface area contributed by atoms with Crippen molar-refractivity contribution in [1.82, 2.24) is 5.32 Å². The van der Waals surface area contributed by atoms with Crippen LogP contribution in [0.4, 0.5) is 5.69 Å². The molecule has 0 aliphatic carbocycles. The fourth-order valence-corrected chi connectivity index (χ4v) is 3.45. The van der Waals surface area contributed by atoms with Crippen LogP contribution in [0.2, 0.25) is 0 Å². The first kappa shape index (κ1) is 15.8. The van der Waals surface area contributed by atoms with Gasteiger partial charge in [0.25, 0.3) is 5.91 Å². The van der Waals surface area contributed by atoms with E-state index in [0.717, 1.165) is 24.8 Å². The number of fused-ring (bicyclic) bond motifs is 1. The molecular weight excluding hydrogens is 290 g/mol. The molecule has 1 heterocycles. The third-order valence-electron chi connectivity index (χ3n) is 3.48. The number of hydrogen-bond donors (Lipinski definition) is 2. The molecule has 0 radical (unpaired) electrons. The highest BCUT2D eigenvalue weighted by atomic mass is 32.2. The van der Waals surface area contributed by atoms with Crippen molar-refractivity contribution in [2.24, 2.45) is 5.73 Å². The van der Waals surface area contributed by atoms with E-state index < -0.39 is 10.0 Å². The van der Waals surface area contributed by atoms with Gasteiger partial charge in [0.1, 0.15) is 0 Å². The zero-order valence-corrected chi connectivity index (χ0v) is 12.9. The zero-order chi connectivity index (χ0) is 15.5. The molecule has 0 saturated heterocycles. The highest BCUT2D eigenvalue weighted by Gasteiger charge is 2.24. The summed E-state index contributed by atoms with van der Waals surface area (Å²) in [6, 6.07) is 5.16. The lowest BCUT2D eigenvalue weighted by atomic mass is 10.0. The number of sulfonamides is 1. The van der Waals surface area contributed by atoms with Gasteiger partial charge in [-0.1, -0.05) is 0 Å². The molecular formula is C14H21N3O3S. The summed E-state index contributed by atoms with van der Waals surface area (Å²) in [5.74, 6) is -0.150. The monoisotopic (exact) mass is 311 g/mol. The van der Waals surface area contributed by atoms with E-state index in [1.54, 1.807) is 18.2 Å². The highest BCUT2D eigenvalue weighted by molar-refractivity contribution is 7.92. The fraction of sp³-hybridized carbons (Fsp3) is 0.500. The summed E-state index contributed by atoms with van der Waals surface area (Å²) >= 11 is 0. The van der Waals surface area contributed by atoms with Gasteiger partial charge in [0, 0.05) is 18.7 Å². The van der Waals surface area contributed by atoms with Crippen molar-refractivity contribution < 1.29 is 13.2 Å². The molecule has 3 N–H and O–H groups in total. The predicted molar refractivity (Wildman–Crippen MR) is 83.0 cm³/mol. The van der Waals surface area contributed by atoms with Gasteiger partial charge < -0.3 is 11.1 Å². The molecule has 1 aliphatic rings. The van der Waals surface area contributed by atoms with Gasteiger partial charge in [0.15, 0.2) is 0 Å². The number of rotatable bonds is 5. The number of aryl methyl sites for hydroxylation is 1. The van der Waals surface area contributed by atoms with E-state index in [1.165, 1.54) is 10.6 Å². The maximum absolute atomic E-state index is 12.0. The van der Waals surface area contributed by atoms with Crippen LogP contribution >= 0.6 is 0 Å². The molecule has 0 atom stereocenters. The largest absolute Gasteiger partial charge is 0.352 e. The van der Waals surface area contributed by atoms with Crippen LogP contribution in [0.3, 0.4) is 0 Å². The summed E-state index contributed by atoms with van der Waals surface area (Å²) in [7, 11) is -3.27. The average Bonchev–Trinajstić information content (AvgIpc) is 2.45. The van der Waals surface area contributed by atoms with Crippen molar-refractivity contribution in [3.63, 3.8) is 0 Å². The number of benzene rings is 1. The smallest absolute Gasteiger partial charge is 0.251 e. The van der Waals surface area contributed by atoms with Crippen LogP contribution in [-0.4, -0.2) is 40.2 Å². The summed E-state index contributed by atoms with van der Waals surface area (Å²) in [5.41, 5.74) is 7.53. The van der Waals surface area contributed by atoms with Crippen LogP contribution in [0.5, 0.6) is 0 Å². The quantitative estimate of drug-likeness (QED) is 0.774. The van der Waals surface area contributed by atoms with Gasteiger partial charge in [-0.05, 0) is 49.6 Å². The van der Waals surface area contributed by atoms with Crippen molar-refractivity contribution in [1.29, 1.82) is 0 Å². The Kier molecular flexibility index (Phi) is 4.84. The molecule has 1 aromatic carbocycles. The lowest BCUT2D eigenvalue weighted by Gasteiger charge is -2.29. The maximum Gasteiger partial charge on any atom is 0.251 e. The van der Waals surface area contributed by atoms with E-state index >= 15 is 0 Å². The van der Waals surface area contributed by atoms with E-state index in [-0.39, 0.29) is 5.91 Å². The Bertz CT molecular complexity index is 628. The third kappa shape index (κ3) is 3.74. The molecule has 1 aromatic rings. The second kappa shape index (κ2) is 6.44. The normalized spacial score (nSPS) is 14.7. The number of carbonyl (C=O) groups is 1. The van der Waals surface area contributed by atoms with Gasteiger partial charge in [-0.15, -0.1) is 0 Å². The number of nitrogens with zero attached hydrogens (tertiary/aromatic N) is 1. The lowest BCUT2D eigenvalue weighted by molar-refractivity contribution is 0.0953. The molecule has 7 heteroatoms. The Morgan fingerprint density at radius 1 is 1.43 bits per heavy atom. The Morgan fingerprint density at radius 3 is 2.86 bits per heavy atom. The van der Waals surface area contributed by atoms with Crippen molar-refractivity contribution in [2.75, 3.05) is 30.2 Å². The topological polar surface area (TPSA) is 92.5 Å². The SMILES string of the molecule is CS(=O)(=O)N1CCCc2cc(C(=O)NCCCN)ccc21. The van der Waals surface area contributed by atoms with E-state index in [2.05, 4.69) is 5.32 Å². The zero-order valence-electron chi connectivity index (χ0n) is 12.1. The van der Waals surface area contributed by atoms with Crippen molar-refractivity contribution in [2.45, 2.75) is 19.3 Å². The summed E-state index contributed by atoms with van der Waals surface area (Å²) in [4.78, 5) is 12.0. The minimum atomic E-state index is -3.27. The Morgan fingerprint density at radius 2 is 2.19 bits per heavy atom. The van der Waals surface area contributed by atoms with Gasteiger partial charge in [0.05, 0.1) is 11.9 Å². The number of hydrogen-bond acceptors (Lipinski definition) is 4. The predicted octanol–water partition coefficient (Wildman–Crippen LogP) is 0.477. The second-order valence-electron chi connectivity index (χ2n) is 5.18. The minimum absolute atomic E-state index is 0.150. The molecule has 2 rings (SSSR count). The number of amides is 1. The fourth-order valence-electron chi connectivity index (χ4n) is 2.45. The van der Waals surface area contributed by atoms with Crippen LogP contribution in [0.25, 0.3) is 0 Å². The molecule has 1 amide bonds. The van der Waals surface area contributed by atoms with E-state index in [1.807, 2.05) is 0 Å². The first-order valence-corrected chi connectivity index (χ1v) is 8.87. The molecule has 6 nitrogen and oxygen atoms in total. The highest BCUT2D eigenvalue weighted by Crippen LogP contribution is 2.29. The molecule has 0 fully saturated rings. The Balaban J connectivity index is 2.21. The van der Waals surface area contributed by atoms with Crippen LogP contribution in [0.1, 0.15) is 28.8 Å². The van der Waals surface area contributed by atoms with Crippen LogP contribution in [0, 0.1) is 0 Å². The molecule has 0 saturated carbocycles. The lowest BCUT2D eigenvalue weighted by Crippen LogP contribution is -2.34. The van der Waals surface area contributed by atoms with E-state index in [0.29, 0.717) is 30.9 Å². The molecule has 116 valence electrons. The Hall–Kier alpha value is -1.60. The minimum Gasteiger partial charge on any atom is -0.352 e. The summed E-state index contributed by atoms with van der Waals surface area (Å²) in [5, 5.41) is 2.80. The number of nitrogens with one attached hydrogen (secondary N) is 1. The second-order valence-corrected chi connectivity index (χ2v) is 7.09. The van der Waals surface area contributed by atoms with Crippen LogP contribution in [-0.2, 0) is 16.4 Å². The summed E-state index contributed by atoms with van der Waals surface area (Å²) in [6.07, 6.45) is 3.48. The van der Waals surface area contributed by atoms with Crippen molar-refractivity contribution >= 4 is 21.6 Å². The van der Waals surface area contributed by atoms with Crippen LogP contribution in [0.15, 0.2) is 18.2 Å². The first-order valence-electron chi connectivity index (χ1n) is 7.02. The third-order valence-corrected chi connectivity index (χ3v) is 4.66.